The SMILES string of the molecule is CCC(C)(CC)OC(N)=O.CCCCCCc1ccccc1C(=O)OC(=O)c1ccccc1O. The number of nitrogens with two attached hydrogens (primary N) is 1. The molecular weight excluding hydrogens is 434 g/mol. The smallest absolute Gasteiger partial charge is 0.405 e. The molecule has 3 N–H and O–H groups in total. The molecule has 0 radical (unpaired) electrons. The Morgan fingerprint density at radius 1 is 0.853 bits per heavy atom. The Kier molecular flexibility index (Phi) is 12.4. The Labute approximate surface area is 202 Å². The lowest BCUT2D eigenvalue weighted by molar-refractivity contribution is 0.0250. The van der Waals surface area contributed by atoms with Gasteiger partial charge in [0.05, 0.1) is 5.56 Å². The maximum Gasteiger partial charge on any atom is 0.405 e. The topological polar surface area (TPSA) is 116 Å². The number of benzene rings is 2. The van der Waals surface area contributed by atoms with Crippen molar-refractivity contribution < 1.29 is 29.0 Å². The van der Waals surface area contributed by atoms with Gasteiger partial charge in [0.1, 0.15) is 16.9 Å². The van der Waals surface area contributed by atoms with Crippen LogP contribution in [0.5, 0.6) is 5.75 Å². The predicted molar refractivity (Wildman–Crippen MR) is 132 cm³/mol. The molecule has 7 nitrogen and oxygen atoms in total. The zero-order valence-corrected chi connectivity index (χ0v) is 20.6. The molecule has 0 saturated heterocycles. The van der Waals surface area contributed by atoms with Crippen LogP contribution in [-0.4, -0.2) is 28.7 Å². The summed E-state index contributed by atoms with van der Waals surface area (Å²) in [6.07, 6.45) is 6.10. The molecule has 0 aliphatic carbocycles. The first-order valence-electron chi connectivity index (χ1n) is 11.8. The highest BCUT2D eigenvalue weighted by Gasteiger charge is 2.22. The fourth-order valence-corrected chi connectivity index (χ4v) is 3.16. The summed E-state index contributed by atoms with van der Waals surface area (Å²) in [7, 11) is 0. The van der Waals surface area contributed by atoms with E-state index in [-0.39, 0.29) is 16.9 Å². The fraction of sp³-hybridized carbons (Fsp3) is 0.444. The van der Waals surface area contributed by atoms with E-state index in [9.17, 15) is 19.5 Å². The van der Waals surface area contributed by atoms with Crippen LogP contribution in [0.15, 0.2) is 48.5 Å². The predicted octanol–water partition coefficient (Wildman–Crippen LogP) is 6.17. The van der Waals surface area contributed by atoms with Crippen molar-refractivity contribution in [3.8, 4) is 5.75 Å². The third-order valence-corrected chi connectivity index (χ3v) is 5.69. The van der Waals surface area contributed by atoms with Gasteiger partial charge in [-0.15, -0.1) is 0 Å². The molecule has 0 spiro atoms. The Morgan fingerprint density at radius 3 is 1.94 bits per heavy atom. The number of aromatic hydroxyl groups is 1. The highest BCUT2D eigenvalue weighted by atomic mass is 16.6. The van der Waals surface area contributed by atoms with E-state index in [4.69, 9.17) is 15.2 Å². The largest absolute Gasteiger partial charge is 0.507 e. The number of esters is 2. The molecular formula is C27H37NO6. The van der Waals surface area contributed by atoms with E-state index in [1.54, 1.807) is 24.3 Å². The molecule has 0 unspecified atom stereocenters. The normalized spacial score (nSPS) is 10.6. The number of phenols is 1. The molecule has 0 bridgehead atoms. The molecule has 2 rings (SSSR count). The number of ether oxygens (including phenoxy) is 2. The van der Waals surface area contributed by atoms with Gasteiger partial charge in [0.25, 0.3) is 0 Å². The lowest BCUT2D eigenvalue weighted by Crippen LogP contribution is -2.32. The molecule has 7 heteroatoms. The van der Waals surface area contributed by atoms with Gasteiger partial charge in [-0.3, -0.25) is 0 Å². The first-order valence-corrected chi connectivity index (χ1v) is 11.8. The number of carbonyl (C=O) groups excluding carboxylic acids is 3. The second-order valence-corrected chi connectivity index (χ2v) is 8.24. The molecule has 0 saturated carbocycles. The Hall–Kier alpha value is -3.35. The zero-order valence-electron chi connectivity index (χ0n) is 20.6. The van der Waals surface area contributed by atoms with Gasteiger partial charge in [-0.2, -0.15) is 0 Å². The maximum atomic E-state index is 12.3. The quantitative estimate of drug-likeness (QED) is 0.243. The summed E-state index contributed by atoms with van der Waals surface area (Å²) in [5, 5.41) is 9.67. The van der Waals surface area contributed by atoms with Crippen LogP contribution in [0.3, 0.4) is 0 Å². The first-order chi connectivity index (χ1) is 16.2. The lowest BCUT2D eigenvalue weighted by Gasteiger charge is -2.25. The molecule has 0 aliphatic heterocycles. The Balaban J connectivity index is 0.000000489. The fourth-order valence-electron chi connectivity index (χ4n) is 3.16. The summed E-state index contributed by atoms with van der Waals surface area (Å²) in [6.45, 7) is 7.95. The van der Waals surface area contributed by atoms with E-state index in [1.165, 1.54) is 18.6 Å². The van der Waals surface area contributed by atoms with Crippen molar-refractivity contribution in [3.05, 3.63) is 65.2 Å². The number of aryl methyl sites for hydroxylation is 1. The van der Waals surface area contributed by atoms with Crippen molar-refractivity contribution in [2.45, 2.75) is 78.2 Å². The van der Waals surface area contributed by atoms with Crippen molar-refractivity contribution in [1.29, 1.82) is 0 Å². The van der Waals surface area contributed by atoms with Crippen molar-refractivity contribution in [2.24, 2.45) is 5.73 Å². The standard InChI is InChI=1S/C20H22O4.C7H15NO2/c1-2-3-4-5-10-15-11-6-7-12-16(15)19(22)24-20(23)17-13-8-9-14-18(17)21;1-4-7(3,5-2)10-6(8)9/h6-9,11-14,21H,2-5,10H2,1H3;4-5H2,1-3H3,(H2,8,9). The van der Waals surface area contributed by atoms with Crippen molar-refractivity contribution >= 4 is 18.0 Å². The number of unbranched alkanes of at least 4 members (excludes halogenated alkanes) is 3. The summed E-state index contributed by atoms with van der Waals surface area (Å²) in [5.74, 6) is -1.74. The second kappa shape index (κ2) is 14.7. The van der Waals surface area contributed by atoms with Crippen LogP contribution in [0.1, 0.15) is 92.5 Å². The third kappa shape index (κ3) is 9.65. The number of para-hydroxylation sites is 1. The lowest BCUT2D eigenvalue weighted by atomic mass is 10.0. The van der Waals surface area contributed by atoms with Crippen LogP contribution in [0.4, 0.5) is 4.79 Å². The van der Waals surface area contributed by atoms with Gasteiger partial charge in [0, 0.05) is 0 Å². The van der Waals surface area contributed by atoms with E-state index in [0.29, 0.717) is 5.56 Å². The van der Waals surface area contributed by atoms with Gasteiger partial charge >= 0.3 is 18.0 Å². The number of hydrogen-bond donors (Lipinski definition) is 2. The minimum Gasteiger partial charge on any atom is -0.507 e. The van der Waals surface area contributed by atoms with Crippen LogP contribution in [0.25, 0.3) is 0 Å². The summed E-state index contributed by atoms with van der Waals surface area (Å²) in [6, 6.07) is 13.2. The molecule has 0 aliphatic rings. The Morgan fingerprint density at radius 2 is 1.41 bits per heavy atom. The number of amides is 1. The van der Waals surface area contributed by atoms with Crippen molar-refractivity contribution in [2.75, 3.05) is 0 Å². The maximum absolute atomic E-state index is 12.3. The minimum absolute atomic E-state index is 0.0220. The molecule has 0 atom stereocenters. The van der Waals surface area contributed by atoms with Gasteiger partial charge in [0.2, 0.25) is 0 Å². The van der Waals surface area contributed by atoms with E-state index < -0.39 is 18.0 Å². The summed E-state index contributed by atoms with van der Waals surface area (Å²) >= 11 is 0. The van der Waals surface area contributed by atoms with Crippen molar-refractivity contribution in [1.82, 2.24) is 0 Å². The van der Waals surface area contributed by atoms with Gasteiger partial charge in [-0.25, -0.2) is 14.4 Å². The molecule has 2 aromatic rings. The van der Waals surface area contributed by atoms with Gasteiger partial charge in [-0.1, -0.05) is 70.4 Å². The summed E-state index contributed by atoms with van der Waals surface area (Å²) < 4.78 is 9.81. The zero-order chi connectivity index (χ0) is 25.6. The molecule has 1 amide bonds. The van der Waals surface area contributed by atoms with Crippen LogP contribution < -0.4 is 5.73 Å². The van der Waals surface area contributed by atoms with Gasteiger partial charge in [0.15, 0.2) is 0 Å². The van der Waals surface area contributed by atoms with Crippen LogP contribution >= 0.6 is 0 Å². The molecule has 186 valence electrons. The molecule has 2 aromatic carbocycles. The first kappa shape index (κ1) is 28.7. The van der Waals surface area contributed by atoms with Gasteiger partial charge in [-0.05, 0) is 56.4 Å². The van der Waals surface area contributed by atoms with E-state index in [2.05, 4.69) is 6.92 Å². The highest BCUT2D eigenvalue weighted by Crippen LogP contribution is 2.20. The number of primary amides is 1. The van der Waals surface area contributed by atoms with Gasteiger partial charge < -0.3 is 20.3 Å². The number of phenolic OH excluding ortho intramolecular Hbond substituents is 1. The number of carbonyl (C=O) groups is 3. The number of rotatable bonds is 10. The van der Waals surface area contributed by atoms with Crippen LogP contribution in [0, 0.1) is 0 Å². The van der Waals surface area contributed by atoms with Crippen LogP contribution in [0.2, 0.25) is 0 Å². The number of hydrogen-bond acceptors (Lipinski definition) is 6. The molecule has 0 fully saturated rings. The molecule has 34 heavy (non-hydrogen) atoms. The monoisotopic (exact) mass is 471 g/mol. The summed E-state index contributed by atoms with van der Waals surface area (Å²) in [5.41, 5.74) is 5.76. The molecule has 0 heterocycles. The van der Waals surface area contributed by atoms with Crippen LogP contribution in [-0.2, 0) is 15.9 Å². The molecule has 0 aromatic heterocycles. The third-order valence-electron chi connectivity index (χ3n) is 5.69. The minimum atomic E-state index is -0.848. The highest BCUT2D eigenvalue weighted by molar-refractivity contribution is 6.04. The van der Waals surface area contributed by atoms with Crippen molar-refractivity contribution in [3.63, 3.8) is 0 Å². The Bertz CT molecular complexity index is 936. The van der Waals surface area contributed by atoms with E-state index >= 15 is 0 Å². The average Bonchev–Trinajstić information content (AvgIpc) is 2.82. The second-order valence-electron chi connectivity index (χ2n) is 8.24. The van der Waals surface area contributed by atoms with E-state index in [1.807, 2.05) is 32.9 Å². The summed E-state index contributed by atoms with van der Waals surface area (Å²) in [4.78, 5) is 34.7. The van der Waals surface area contributed by atoms with E-state index in [0.717, 1.165) is 44.1 Å². The average molecular weight is 472 g/mol.